The molecule has 0 bridgehead atoms. The average molecular weight is 133 g/mol. The van der Waals surface area contributed by atoms with Crippen molar-refractivity contribution >= 4 is 6.09 Å². The van der Waals surface area contributed by atoms with Gasteiger partial charge in [-0.25, -0.2) is 4.79 Å². The van der Waals surface area contributed by atoms with Crippen LogP contribution in [-0.4, -0.2) is 29.0 Å². The van der Waals surface area contributed by atoms with Crippen LogP contribution in [0.2, 0.25) is 0 Å². The molecule has 0 unspecified atom stereocenters. The van der Waals surface area contributed by atoms with Crippen LogP contribution >= 0.6 is 0 Å². The van der Waals surface area contributed by atoms with Gasteiger partial charge < -0.3 is 15.5 Å². The van der Waals surface area contributed by atoms with Crippen molar-refractivity contribution in [2.45, 2.75) is 19.4 Å². The number of carbonyl (C=O) groups is 1. The maximum absolute atomic E-state index is 9.79. The summed E-state index contributed by atoms with van der Waals surface area (Å²) in [6.07, 6.45) is -1.01. The Morgan fingerprint density at radius 1 is 1.78 bits per heavy atom. The van der Waals surface area contributed by atoms with Crippen LogP contribution in [0.4, 0.5) is 4.79 Å². The molecule has 0 aliphatic heterocycles. The van der Waals surface area contributed by atoms with Crippen molar-refractivity contribution in [2.75, 3.05) is 6.54 Å². The first-order chi connectivity index (χ1) is 4.13. The van der Waals surface area contributed by atoms with E-state index in [4.69, 9.17) is 10.2 Å². The summed E-state index contributed by atoms with van der Waals surface area (Å²) < 4.78 is 0. The topological polar surface area (TPSA) is 69.6 Å². The fourth-order valence-corrected chi connectivity index (χ4v) is 0.388. The van der Waals surface area contributed by atoms with E-state index >= 15 is 0 Å². The van der Waals surface area contributed by atoms with Crippen LogP contribution in [-0.2, 0) is 0 Å². The van der Waals surface area contributed by atoms with Crippen molar-refractivity contribution in [3.63, 3.8) is 0 Å². The fourth-order valence-electron chi connectivity index (χ4n) is 0.388. The van der Waals surface area contributed by atoms with Crippen LogP contribution in [0.25, 0.3) is 0 Å². The van der Waals surface area contributed by atoms with Gasteiger partial charge in [0.05, 0.1) is 6.10 Å². The minimum Gasteiger partial charge on any atom is -0.465 e. The minimum atomic E-state index is -1.05. The molecule has 0 aliphatic rings. The summed E-state index contributed by atoms with van der Waals surface area (Å²) >= 11 is 0. The SMILES string of the molecule is C[C@@H](O)CCNC(=O)O. The lowest BCUT2D eigenvalue weighted by Crippen LogP contribution is -2.24. The van der Waals surface area contributed by atoms with Gasteiger partial charge in [-0.3, -0.25) is 0 Å². The number of carboxylic acid groups (broad SMARTS) is 1. The zero-order valence-electron chi connectivity index (χ0n) is 5.29. The molecule has 3 N–H and O–H groups in total. The molecule has 1 amide bonds. The predicted octanol–water partition coefficient (Wildman–Crippen LogP) is 0.0249. The third-order valence-electron chi connectivity index (χ3n) is 0.838. The maximum atomic E-state index is 9.79. The molecule has 0 saturated carbocycles. The first-order valence-corrected chi connectivity index (χ1v) is 2.78. The second-order valence-corrected chi connectivity index (χ2v) is 1.87. The molecule has 0 spiro atoms. The highest BCUT2D eigenvalue weighted by Gasteiger charge is 1.96. The molecule has 0 rings (SSSR count). The lowest BCUT2D eigenvalue weighted by Gasteiger charge is -2.01. The van der Waals surface area contributed by atoms with Crippen LogP contribution in [0.3, 0.4) is 0 Å². The van der Waals surface area contributed by atoms with Gasteiger partial charge in [0.1, 0.15) is 0 Å². The van der Waals surface area contributed by atoms with E-state index in [0.29, 0.717) is 13.0 Å². The Hall–Kier alpha value is -0.770. The van der Waals surface area contributed by atoms with E-state index in [1.165, 1.54) is 0 Å². The van der Waals surface area contributed by atoms with Gasteiger partial charge in [0.2, 0.25) is 0 Å². The van der Waals surface area contributed by atoms with Crippen molar-refractivity contribution in [2.24, 2.45) is 0 Å². The fraction of sp³-hybridized carbons (Fsp3) is 0.800. The maximum Gasteiger partial charge on any atom is 0.404 e. The van der Waals surface area contributed by atoms with Gasteiger partial charge in [-0.15, -0.1) is 0 Å². The summed E-state index contributed by atoms with van der Waals surface area (Å²) in [7, 11) is 0. The van der Waals surface area contributed by atoms with Crippen molar-refractivity contribution in [1.29, 1.82) is 0 Å². The summed E-state index contributed by atoms with van der Waals surface area (Å²) in [6, 6.07) is 0. The Labute approximate surface area is 53.5 Å². The normalized spacial score (nSPS) is 12.7. The van der Waals surface area contributed by atoms with Crippen LogP contribution < -0.4 is 5.32 Å². The minimum absolute atomic E-state index is 0.312. The highest BCUT2D eigenvalue weighted by molar-refractivity contribution is 5.64. The molecular formula is C5H11NO3. The summed E-state index contributed by atoms with van der Waals surface area (Å²) in [5.74, 6) is 0. The number of hydrogen-bond donors (Lipinski definition) is 3. The van der Waals surface area contributed by atoms with E-state index in [-0.39, 0.29) is 0 Å². The lowest BCUT2D eigenvalue weighted by atomic mass is 10.3. The molecule has 54 valence electrons. The molecule has 4 nitrogen and oxygen atoms in total. The predicted molar refractivity (Wildman–Crippen MR) is 32.3 cm³/mol. The molecule has 0 aromatic carbocycles. The molecule has 9 heavy (non-hydrogen) atoms. The van der Waals surface area contributed by atoms with Gasteiger partial charge in [-0.2, -0.15) is 0 Å². The van der Waals surface area contributed by atoms with E-state index in [9.17, 15) is 4.79 Å². The van der Waals surface area contributed by atoms with Crippen LogP contribution in [0, 0.1) is 0 Å². The average Bonchev–Trinajstić information content (AvgIpc) is 1.63. The number of rotatable bonds is 3. The summed E-state index contributed by atoms with van der Waals surface area (Å²) in [6.45, 7) is 1.93. The van der Waals surface area contributed by atoms with Gasteiger partial charge in [-0.05, 0) is 13.3 Å². The molecule has 0 aromatic heterocycles. The van der Waals surface area contributed by atoms with Gasteiger partial charge in [0.25, 0.3) is 0 Å². The van der Waals surface area contributed by atoms with Crippen molar-refractivity contribution in [1.82, 2.24) is 5.32 Å². The smallest absolute Gasteiger partial charge is 0.404 e. The lowest BCUT2D eigenvalue weighted by molar-refractivity contribution is 0.175. The van der Waals surface area contributed by atoms with Gasteiger partial charge in [0.15, 0.2) is 0 Å². The van der Waals surface area contributed by atoms with Gasteiger partial charge in [0, 0.05) is 6.54 Å². The van der Waals surface area contributed by atoms with Crippen molar-refractivity contribution < 1.29 is 15.0 Å². The summed E-state index contributed by atoms with van der Waals surface area (Å²) in [5, 5.41) is 18.8. The van der Waals surface area contributed by atoms with Gasteiger partial charge >= 0.3 is 6.09 Å². The van der Waals surface area contributed by atoms with E-state index in [1.54, 1.807) is 6.92 Å². The van der Waals surface area contributed by atoms with E-state index < -0.39 is 12.2 Å². The van der Waals surface area contributed by atoms with Crippen LogP contribution in [0.5, 0.6) is 0 Å². The highest BCUT2D eigenvalue weighted by atomic mass is 16.4. The molecular weight excluding hydrogens is 122 g/mol. The monoisotopic (exact) mass is 133 g/mol. The number of nitrogens with one attached hydrogen (secondary N) is 1. The van der Waals surface area contributed by atoms with Crippen LogP contribution in [0.1, 0.15) is 13.3 Å². The molecule has 0 aliphatic carbocycles. The zero-order chi connectivity index (χ0) is 7.28. The number of aliphatic hydroxyl groups is 1. The highest BCUT2D eigenvalue weighted by Crippen LogP contribution is 1.84. The Kier molecular flexibility index (Phi) is 3.79. The summed E-state index contributed by atoms with van der Waals surface area (Å²) in [5.41, 5.74) is 0. The van der Waals surface area contributed by atoms with E-state index in [0.717, 1.165) is 0 Å². The van der Waals surface area contributed by atoms with Crippen LogP contribution in [0.15, 0.2) is 0 Å². The molecule has 0 heterocycles. The van der Waals surface area contributed by atoms with Gasteiger partial charge in [-0.1, -0.05) is 0 Å². The number of amides is 1. The molecule has 0 radical (unpaired) electrons. The number of hydrogen-bond acceptors (Lipinski definition) is 2. The first kappa shape index (κ1) is 8.23. The van der Waals surface area contributed by atoms with Crippen molar-refractivity contribution in [3.05, 3.63) is 0 Å². The Bertz CT molecular complexity index is 92.2. The third kappa shape index (κ3) is 7.23. The second-order valence-electron chi connectivity index (χ2n) is 1.87. The molecule has 0 aromatic rings. The Morgan fingerprint density at radius 2 is 2.33 bits per heavy atom. The molecule has 0 fully saturated rings. The summed E-state index contributed by atoms with van der Waals surface area (Å²) in [4.78, 5) is 9.79. The molecule has 1 atom stereocenters. The standard InChI is InChI=1S/C5H11NO3/c1-4(7)2-3-6-5(8)9/h4,6-7H,2-3H2,1H3,(H,8,9)/t4-/m1/s1. The number of aliphatic hydroxyl groups excluding tert-OH is 1. The first-order valence-electron chi connectivity index (χ1n) is 2.78. The van der Waals surface area contributed by atoms with Crippen molar-refractivity contribution in [3.8, 4) is 0 Å². The second kappa shape index (κ2) is 4.14. The third-order valence-corrected chi connectivity index (χ3v) is 0.838. The zero-order valence-corrected chi connectivity index (χ0v) is 5.29. The quantitative estimate of drug-likeness (QED) is 0.508. The molecule has 4 heteroatoms. The largest absolute Gasteiger partial charge is 0.465 e. The van der Waals surface area contributed by atoms with E-state index in [1.807, 2.05) is 0 Å². The molecule has 0 saturated heterocycles. The Morgan fingerprint density at radius 3 is 2.67 bits per heavy atom. The Balaban J connectivity index is 3.01. The van der Waals surface area contributed by atoms with E-state index in [2.05, 4.69) is 5.32 Å².